The van der Waals surface area contributed by atoms with Gasteiger partial charge >= 0.3 is 0 Å². The second kappa shape index (κ2) is 7.11. The summed E-state index contributed by atoms with van der Waals surface area (Å²) in [6.07, 6.45) is 1.90. The highest BCUT2D eigenvalue weighted by Gasteiger charge is 1.85. The lowest BCUT2D eigenvalue weighted by Gasteiger charge is -1.92. The van der Waals surface area contributed by atoms with Gasteiger partial charge in [0.2, 0.25) is 0 Å². The number of aliphatic imine (C=N–C) groups is 1. The molecule has 0 saturated carbocycles. The molecule has 0 amide bonds. The van der Waals surface area contributed by atoms with E-state index in [1.807, 2.05) is 6.26 Å². The number of rotatable bonds is 0. The molecular formula is C4H11ClN2S. The van der Waals surface area contributed by atoms with Crippen LogP contribution in [0.1, 0.15) is 7.43 Å². The van der Waals surface area contributed by atoms with Crippen LogP contribution in [0, 0.1) is 0 Å². The summed E-state index contributed by atoms with van der Waals surface area (Å²) >= 11 is 6.64. The third-order valence-electron chi connectivity index (χ3n) is 0.477. The van der Waals surface area contributed by atoms with Crippen LogP contribution in [-0.4, -0.2) is 18.5 Å². The van der Waals surface area contributed by atoms with Gasteiger partial charge in [-0.3, -0.25) is 9.83 Å². The van der Waals surface area contributed by atoms with Crippen LogP contribution in [0.4, 0.5) is 0 Å². The van der Waals surface area contributed by atoms with Crippen LogP contribution < -0.4 is 4.84 Å². The van der Waals surface area contributed by atoms with Gasteiger partial charge in [-0.05, 0) is 6.26 Å². The highest BCUT2D eigenvalue weighted by Crippen LogP contribution is 1.92. The van der Waals surface area contributed by atoms with Gasteiger partial charge in [-0.25, -0.2) is 0 Å². The molecule has 0 unspecified atom stereocenters. The van der Waals surface area contributed by atoms with Crippen LogP contribution in [0.15, 0.2) is 4.99 Å². The van der Waals surface area contributed by atoms with Crippen molar-refractivity contribution in [2.75, 3.05) is 13.3 Å². The molecule has 0 spiro atoms. The second-order valence-electron chi connectivity index (χ2n) is 0.827. The number of hydrogen-bond acceptors (Lipinski definition) is 2. The monoisotopic (exact) mass is 154 g/mol. The lowest BCUT2D eigenvalue weighted by molar-refractivity contribution is 1.39. The summed E-state index contributed by atoms with van der Waals surface area (Å²) in [7, 11) is 1.68. The van der Waals surface area contributed by atoms with Crippen LogP contribution in [0.5, 0.6) is 0 Å². The van der Waals surface area contributed by atoms with Gasteiger partial charge in [-0.15, -0.1) is 0 Å². The summed E-state index contributed by atoms with van der Waals surface area (Å²) < 4.78 is 0. The zero-order valence-electron chi connectivity index (χ0n) is 4.23. The van der Waals surface area contributed by atoms with Gasteiger partial charge in [0.05, 0.1) is 0 Å². The molecule has 50 valence electrons. The van der Waals surface area contributed by atoms with Crippen molar-refractivity contribution in [3.63, 3.8) is 0 Å². The molecule has 0 aromatic heterocycles. The van der Waals surface area contributed by atoms with Crippen molar-refractivity contribution in [3.8, 4) is 0 Å². The maximum atomic E-state index is 5.17. The van der Waals surface area contributed by atoms with Gasteiger partial charge < -0.3 is 0 Å². The van der Waals surface area contributed by atoms with Crippen LogP contribution in [-0.2, 0) is 0 Å². The molecule has 0 aromatic rings. The molecule has 0 radical (unpaired) electrons. The first-order valence-electron chi connectivity index (χ1n) is 1.72. The molecule has 1 N–H and O–H groups in total. The molecule has 0 aliphatic heterocycles. The number of thioether (sulfide) groups is 1. The molecule has 0 bridgehead atoms. The minimum atomic E-state index is 0. The Hall–Kier alpha value is 0.110. The van der Waals surface area contributed by atoms with Crippen molar-refractivity contribution in [1.82, 2.24) is 4.84 Å². The van der Waals surface area contributed by atoms with Gasteiger partial charge in [0.15, 0.2) is 5.17 Å². The first-order chi connectivity index (χ1) is 3.35. The van der Waals surface area contributed by atoms with E-state index in [1.54, 1.807) is 7.05 Å². The van der Waals surface area contributed by atoms with Crippen molar-refractivity contribution in [3.05, 3.63) is 0 Å². The van der Waals surface area contributed by atoms with Gasteiger partial charge in [0, 0.05) is 18.8 Å². The van der Waals surface area contributed by atoms with E-state index >= 15 is 0 Å². The maximum absolute atomic E-state index is 5.17. The molecule has 0 rings (SSSR count). The van der Waals surface area contributed by atoms with Gasteiger partial charge in [-0.1, -0.05) is 19.2 Å². The summed E-state index contributed by atoms with van der Waals surface area (Å²) in [5.74, 6) is 0. The fraction of sp³-hybridized carbons (Fsp3) is 0.750. The Bertz CT molecular complexity index is 68.4. The van der Waals surface area contributed by atoms with Gasteiger partial charge in [0.25, 0.3) is 0 Å². The highest BCUT2D eigenvalue weighted by molar-refractivity contribution is 8.13. The summed E-state index contributed by atoms with van der Waals surface area (Å²) in [6.45, 7) is 0. The molecule has 0 aliphatic rings. The van der Waals surface area contributed by atoms with E-state index in [-0.39, 0.29) is 7.43 Å². The van der Waals surface area contributed by atoms with Crippen LogP contribution in [0.25, 0.3) is 0 Å². The first kappa shape index (κ1) is 11.0. The van der Waals surface area contributed by atoms with Crippen molar-refractivity contribution < 1.29 is 0 Å². The number of nitrogens with one attached hydrogen (secondary N) is 1. The molecule has 4 heteroatoms. The van der Waals surface area contributed by atoms with Crippen molar-refractivity contribution in [2.24, 2.45) is 4.99 Å². The lowest BCUT2D eigenvalue weighted by atomic mass is 11.2. The normalized spacial score (nSPS) is 10.1. The Kier molecular flexibility index (Phi) is 9.76. The molecule has 0 aromatic carbocycles. The Balaban J connectivity index is 0. The van der Waals surface area contributed by atoms with Crippen LogP contribution in [0.2, 0.25) is 0 Å². The predicted octanol–water partition coefficient (Wildman–Crippen LogP) is 1.71. The van der Waals surface area contributed by atoms with E-state index in [9.17, 15) is 0 Å². The number of halogens is 1. The summed E-state index contributed by atoms with van der Waals surface area (Å²) in [5, 5.41) is 0.738. The van der Waals surface area contributed by atoms with E-state index < -0.39 is 0 Å². The molecule has 0 heterocycles. The second-order valence-corrected chi connectivity index (χ2v) is 1.81. The number of nitrogens with zero attached hydrogens (tertiary/aromatic N) is 1. The molecule has 8 heavy (non-hydrogen) atoms. The Morgan fingerprint density at radius 2 is 2.25 bits per heavy atom. The summed E-state index contributed by atoms with van der Waals surface area (Å²) in [4.78, 5) is 6.15. The van der Waals surface area contributed by atoms with E-state index in [2.05, 4.69) is 9.83 Å². The van der Waals surface area contributed by atoms with Crippen LogP contribution in [0.3, 0.4) is 0 Å². The average molecular weight is 155 g/mol. The first-order valence-corrected chi connectivity index (χ1v) is 3.32. The summed E-state index contributed by atoms with van der Waals surface area (Å²) in [5.41, 5.74) is 0. The molecule has 0 atom stereocenters. The molecule has 2 nitrogen and oxygen atoms in total. The lowest BCUT2D eigenvalue weighted by Crippen LogP contribution is -2.05. The Morgan fingerprint density at radius 3 is 2.25 bits per heavy atom. The topological polar surface area (TPSA) is 24.4 Å². The zero-order valence-corrected chi connectivity index (χ0v) is 5.81. The average Bonchev–Trinajstić information content (AvgIpc) is 1.72. The van der Waals surface area contributed by atoms with Gasteiger partial charge in [0.1, 0.15) is 0 Å². The maximum Gasteiger partial charge on any atom is 0.170 e. The largest absolute Gasteiger partial charge is 0.277 e. The quantitative estimate of drug-likeness (QED) is 0.327. The van der Waals surface area contributed by atoms with Crippen molar-refractivity contribution in [1.29, 1.82) is 0 Å². The third-order valence-corrected chi connectivity index (χ3v) is 1.44. The van der Waals surface area contributed by atoms with Crippen LogP contribution >= 0.6 is 23.5 Å². The SMILES string of the molecule is C.CN=C(NCl)SC. The van der Waals surface area contributed by atoms with E-state index in [4.69, 9.17) is 11.8 Å². The van der Waals surface area contributed by atoms with E-state index in [1.165, 1.54) is 11.8 Å². The smallest absolute Gasteiger partial charge is 0.170 e. The fourth-order valence-corrected chi connectivity index (χ4v) is 0.748. The highest BCUT2D eigenvalue weighted by atomic mass is 35.5. The standard InChI is InChI=1S/C3H7ClN2S.CH4/c1-5-3(6-4)7-2;/h1-2H3,(H,5,6);1H4. The molecule has 0 saturated heterocycles. The third kappa shape index (κ3) is 4.27. The molecular weight excluding hydrogens is 144 g/mol. The van der Waals surface area contributed by atoms with Gasteiger partial charge in [-0.2, -0.15) is 0 Å². The Labute approximate surface area is 59.8 Å². The zero-order chi connectivity index (χ0) is 5.70. The predicted molar refractivity (Wildman–Crippen MR) is 42.6 cm³/mol. The van der Waals surface area contributed by atoms with E-state index in [0.29, 0.717) is 0 Å². The minimum Gasteiger partial charge on any atom is -0.277 e. The number of amidine groups is 1. The van der Waals surface area contributed by atoms with Crippen molar-refractivity contribution in [2.45, 2.75) is 7.43 Å². The van der Waals surface area contributed by atoms with Crippen molar-refractivity contribution >= 4 is 28.7 Å². The molecule has 0 fully saturated rings. The minimum absolute atomic E-state index is 0. The van der Waals surface area contributed by atoms with E-state index in [0.717, 1.165) is 5.17 Å². The summed E-state index contributed by atoms with van der Waals surface area (Å²) in [6, 6.07) is 0. The number of hydrogen-bond donors (Lipinski definition) is 1. The molecule has 0 aliphatic carbocycles. The fourth-order valence-electron chi connectivity index (χ4n) is 0.172. The Morgan fingerprint density at radius 1 is 1.75 bits per heavy atom.